The zero-order valence-electron chi connectivity index (χ0n) is 9.73. The summed E-state index contributed by atoms with van der Waals surface area (Å²) in [4.78, 5) is 4.13. The highest BCUT2D eigenvalue weighted by Crippen LogP contribution is 2.20. The van der Waals surface area contributed by atoms with E-state index in [0.29, 0.717) is 5.92 Å². The Morgan fingerprint density at radius 1 is 1.29 bits per heavy atom. The van der Waals surface area contributed by atoms with Crippen LogP contribution in [0.25, 0.3) is 10.8 Å². The van der Waals surface area contributed by atoms with Gasteiger partial charge in [-0.1, -0.05) is 6.07 Å². The minimum atomic E-state index is 0.652. The molecule has 1 N–H and O–H groups in total. The topological polar surface area (TPSA) is 34.1 Å². The molecule has 0 bridgehead atoms. The molecule has 3 nitrogen and oxygen atoms in total. The molecule has 1 saturated heterocycles. The van der Waals surface area contributed by atoms with Crippen molar-refractivity contribution in [3.8, 4) is 5.75 Å². The van der Waals surface area contributed by atoms with Crippen molar-refractivity contribution >= 4 is 10.8 Å². The molecule has 1 atom stereocenters. The van der Waals surface area contributed by atoms with Gasteiger partial charge in [0.2, 0.25) is 0 Å². The lowest BCUT2D eigenvalue weighted by Crippen LogP contribution is -2.15. The molecule has 2 aromatic rings. The number of nitrogens with one attached hydrogen (secondary N) is 1. The van der Waals surface area contributed by atoms with Crippen LogP contribution >= 0.6 is 0 Å². The van der Waals surface area contributed by atoms with E-state index < -0.39 is 0 Å². The SMILES string of the molecule is c1cc2ccc(OCC3CCNC3)cc2cn1. The van der Waals surface area contributed by atoms with Crippen molar-refractivity contribution in [3.63, 3.8) is 0 Å². The molecule has 0 saturated carbocycles. The second-order valence-electron chi connectivity index (χ2n) is 4.55. The molecule has 1 unspecified atom stereocenters. The summed E-state index contributed by atoms with van der Waals surface area (Å²) in [5, 5.41) is 5.69. The van der Waals surface area contributed by atoms with Gasteiger partial charge in [0.05, 0.1) is 6.61 Å². The monoisotopic (exact) mass is 228 g/mol. The largest absolute Gasteiger partial charge is 0.493 e. The maximum Gasteiger partial charge on any atom is 0.120 e. The van der Waals surface area contributed by atoms with Gasteiger partial charge in [0, 0.05) is 30.2 Å². The third-order valence-corrected chi connectivity index (χ3v) is 3.26. The molecule has 88 valence electrons. The summed E-state index contributed by atoms with van der Waals surface area (Å²) in [6.45, 7) is 3.00. The fraction of sp³-hybridized carbons (Fsp3) is 0.357. The standard InChI is InChI=1S/C14H16N2O/c1-2-14(17-10-11-3-5-15-8-11)7-13-9-16-6-4-12(1)13/h1-2,4,6-7,9,11,15H,3,5,8,10H2. The van der Waals surface area contributed by atoms with Crippen LogP contribution in [-0.4, -0.2) is 24.7 Å². The molecular formula is C14H16N2O. The van der Waals surface area contributed by atoms with Crippen LogP contribution in [0.4, 0.5) is 0 Å². The first kappa shape index (κ1) is 10.5. The molecule has 3 rings (SSSR count). The molecule has 1 aliphatic heterocycles. The number of pyridine rings is 1. The molecule has 1 aliphatic rings. The molecule has 3 heteroatoms. The fourth-order valence-corrected chi connectivity index (χ4v) is 2.22. The molecule has 2 heterocycles. The van der Waals surface area contributed by atoms with E-state index in [1.165, 1.54) is 11.8 Å². The van der Waals surface area contributed by atoms with Crippen LogP contribution < -0.4 is 10.1 Å². The van der Waals surface area contributed by atoms with Crippen molar-refractivity contribution in [1.82, 2.24) is 10.3 Å². The Kier molecular flexibility index (Phi) is 2.92. The van der Waals surface area contributed by atoms with Gasteiger partial charge >= 0.3 is 0 Å². The summed E-state index contributed by atoms with van der Waals surface area (Å²) in [7, 11) is 0. The first-order valence-corrected chi connectivity index (χ1v) is 6.09. The maximum absolute atomic E-state index is 5.83. The fourth-order valence-electron chi connectivity index (χ4n) is 2.22. The Balaban J connectivity index is 1.72. The van der Waals surface area contributed by atoms with Crippen LogP contribution in [0, 0.1) is 5.92 Å². The van der Waals surface area contributed by atoms with Crippen LogP contribution in [0.1, 0.15) is 6.42 Å². The predicted octanol–water partition coefficient (Wildman–Crippen LogP) is 2.22. The van der Waals surface area contributed by atoms with Gasteiger partial charge in [-0.3, -0.25) is 4.98 Å². The molecule has 1 fully saturated rings. The number of aromatic nitrogens is 1. The normalized spacial score (nSPS) is 19.6. The number of benzene rings is 1. The molecular weight excluding hydrogens is 212 g/mol. The lowest BCUT2D eigenvalue weighted by atomic mass is 10.1. The molecule has 0 spiro atoms. The molecule has 1 aromatic carbocycles. The maximum atomic E-state index is 5.83. The number of ether oxygens (including phenoxy) is 1. The first-order valence-electron chi connectivity index (χ1n) is 6.09. The lowest BCUT2D eigenvalue weighted by Gasteiger charge is -2.11. The Labute approximate surface area is 101 Å². The van der Waals surface area contributed by atoms with Gasteiger partial charge in [-0.25, -0.2) is 0 Å². The van der Waals surface area contributed by atoms with Crippen LogP contribution in [0.3, 0.4) is 0 Å². The Hall–Kier alpha value is -1.61. The summed E-state index contributed by atoms with van der Waals surface area (Å²) < 4.78 is 5.83. The first-order chi connectivity index (χ1) is 8.42. The quantitative estimate of drug-likeness (QED) is 0.874. The predicted molar refractivity (Wildman–Crippen MR) is 68.2 cm³/mol. The van der Waals surface area contributed by atoms with Crippen LogP contribution in [0.15, 0.2) is 36.7 Å². The van der Waals surface area contributed by atoms with Crippen LogP contribution in [-0.2, 0) is 0 Å². The van der Waals surface area contributed by atoms with E-state index in [0.717, 1.165) is 30.8 Å². The third-order valence-electron chi connectivity index (χ3n) is 3.26. The third kappa shape index (κ3) is 2.39. The summed E-state index contributed by atoms with van der Waals surface area (Å²) in [5.74, 6) is 1.59. The second-order valence-corrected chi connectivity index (χ2v) is 4.55. The summed E-state index contributed by atoms with van der Waals surface area (Å²) in [5.41, 5.74) is 0. The molecule has 17 heavy (non-hydrogen) atoms. The Morgan fingerprint density at radius 2 is 2.29 bits per heavy atom. The summed E-state index contributed by atoms with van der Waals surface area (Å²) >= 11 is 0. The second kappa shape index (κ2) is 4.72. The highest BCUT2D eigenvalue weighted by atomic mass is 16.5. The van der Waals surface area contributed by atoms with Gasteiger partial charge in [0.15, 0.2) is 0 Å². The Morgan fingerprint density at radius 3 is 3.18 bits per heavy atom. The highest BCUT2D eigenvalue weighted by molar-refractivity contribution is 5.82. The van der Waals surface area contributed by atoms with E-state index >= 15 is 0 Å². The van der Waals surface area contributed by atoms with E-state index in [4.69, 9.17) is 4.74 Å². The number of rotatable bonds is 3. The number of hydrogen-bond acceptors (Lipinski definition) is 3. The van der Waals surface area contributed by atoms with Crippen molar-refractivity contribution in [2.24, 2.45) is 5.92 Å². The van der Waals surface area contributed by atoms with E-state index in [-0.39, 0.29) is 0 Å². The Bertz CT molecular complexity index is 506. The van der Waals surface area contributed by atoms with Gasteiger partial charge in [-0.05, 0) is 36.6 Å². The minimum absolute atomic E-state index is 0.652. The van der Waals surface area contributed by atoms with Gasteiger partial charge < -0.3 is 10.1 Å². The van der Waals surface area contributed by atoms with Gasteiger partial charge in [0.1, 0.15) is 5.75 Å². The van der Waals surface area contributed by atoms with Gasteiger partial charge in [-0.15, -0.1) is 0 Å². The zero-order valence-corrected chi connectivity index (χ0v) is 9.73. The molecule has 0 aliphatic carbocycles. The van der Waals surface area contributed by atoms with E-state index in [1.54, 1.807) is 0 Å². The van der Waals surface area contributed by atoms with Crippen molar-refractivity contribution < 1.29 is 4.74 Å². The van der Waals surface area contributed by atoms with Crippen molar-refractivity contribution in [1.29, 1.82) is 0 Å². The highest BCUT2D eigenvalue weighted by Gasteiger charge is 2.14. The number of hydrogen-bond donors (Lipinski definition) is 1. The van der Waals surface area contributed by atoms with Gasteiger partial charge in [0.25, 0.3) is 0 Å². The number of nitrogens with zero attached hydrogens (tertiary/aromatic N) is 1. The van der Waals surface area contributed by atoms with Crippen molar-refractivity contribution in [2.45, 2.75) is 6.42 Å². The van der Waals surface area contributed by atoms with E-state index in [1.807, 2.05) is 24.5 Å². The van der Waals surface area contributed by atoms with Crippen LogP contribution in [0.5, 0.6) is 5.75 Å². The molecule has 0 radical (unpaired) electrons. The number of fused-ring (bicyclic) bond motifs is 1. The van der Waals surface area contributed by atoms with Crippen molar-refractivity contribution in [2.75, 3.05) is 19.7 Å². The average Bonchev–Trinajstić information content (AvgIpc) is 2.89. The summed E-state index contributed by atoms with van der Waals surface area (Å²) in [6, 6.07) is 8.19. The zero-order chi connectivity index (χ0) is 11.5. The van der Waals surface area contributed by atoms with E-state index in [9.17, 15) is 0 Å². The minimum Gasteiger partial charge on any atom is -0.493 e. The van der Waals surface area contributed by atoms with Crippen LogP contribution in [0.2, 0.25) is 0 Å². The van der Waals surface area contributed by atoms with Gasteiger partial charge in [-0.2, -0.15) is 0 Å². The average molecular weight is 228 g/mol. The smallest absolute Gasteiger partial charge is 0.120 e. The van der Waals surface area contributed by atoms with Crippen molar-refractivity contribution in [3.05, 3.63) is 36.7 Å². The summed E-state index contributed by atoms with van der Waals surface area (Å²) in [6.07, 6.45) is 4.90. The van der Waals surface area contributed by atoms with E-state index in [2.05, 4.69) is 22.4 Å². The molecule has 1 aromatic heterocycles. The molecule has 0 amide bonds. The lowest BCUT2D eigenvalue weighted by molar-refractivity contribution is 0.260.